The molecule has 0 aliphatic carbocycles. The molecule has 0 atom stereocenters. The van der Waals surface area contributed by atoms with E-state index >= 15 is 0 Å². The van der Waals surface area contributed by atoms with Crippen molar-refractivity contribution in [3.63, 3.8) is 0 Å². The van der Waals surface area contributed by atoms with Gasteiger partial charge in [-0.05, 0) is 20.8 Å². The Balaban J connectivity index is 2.81. The molecule has 0 aromatic rings. The van der Waals surface area contributed by atoms with Crippen molar-refractivity contribution in [2.45, 2.75) is 33.7 Å². The van der Waals surface area contributed by atoms with Crippen molar-refractivity contribution in [1.82, 2.24) is 10.2 Å². The summed E-state index contributed by atoms with van der Waals surface area (Å²) in [6.07, 6.45) is 1.84. The SMILES string of the molecule is CC(=O)O/C(C)=C/C(=NC(C)C)N1CCNCC1. The number of hydrogen-bond acceptors (Lipinski definition) is 4. The molecule has 0 radical (unpaired) electrons. The van der Waals surface area contributed by atoms with Gasteiger partial charge in [0.1, 0.15) is 11.6 Å². The molecule has 0 aromatic heterocycles. The number of hydrogen-bond donors (Lipinski definition) is 1. The summed E-state index contributed by atoms with van der Waals surface area (Å²) in [5, 5.41) is 3.31. The quantitative estimate of drug-likeness (QED) is 0.355. The topological polar surface area (TPSA) is 53.9 Å². The van der Waals surface area contributed by atoms with E-state index in [4.69, 9.17) is 4.74 Å². The van der Waals surface area contributed by atoms with E-state index in [-0.39, 0.29) is 12.0 Å². The van der Waals surface area contributed by atoms with Crippen LogP contribution >= 0.6 is 0 Å². The van der Waals surface area contributed by atoms with Crippen LogP contribution in [0.5, 0.6) is 0 Å². The molecule has 1 aliphatic heterocycles. The van der Waals surface area contributed by atoms with Gasteiger partial charge in [-0.1, -0.05) is 0 Å². The summed E-state index contributed by atoms with van der Waals surface area (Å²) in [6.45, 7) is 11.0. The Morgan fingerprint density at radius 3 is 2.44 bits per heavy atom. The summed E-state index contributed by atoms with van der Waals surface area (Å²) < 4.78 is 5.05. The average Bonchev–Trinajstić information content (AvgIpc) is 2.27. The van der Waals surface area contributed by atoms with E-state index in [2.05, 4.69) is 15.2 Å². The van der Waals surface area contributed by atoms with E-state index in [1.54, 1.807) is 6.92 Å². The number of carbonyl (C=O) groups is 1. The molecule has 0 unspecified atom stereocenters. The lowest BCUT2D eigenvalue weighted by Crippen LogP contribution is -2.46. The highest BCUT2D eigenvalue weighted by Crippen LogP contribution is 2.05. The minimum absolute atomic E-state index is 0.219. The number of carbonyl (C=O) groups excluding carboxylic acids is 1. The molecule has 1 rings (SSSR count). The Bertz CT molecular complexity index is 342. The molecule has 1 aliphatic rings. The van der Waals surface area contributed by atoms with Crippen LogP contribution in [0.4, 0.5) is 0 Å². The van der Waals surface area contributed by atoms with Crippen LogP contribution < -0.4 is 5.32 Å². The number of rotatable bonds is 3. The van der Waals surface area contributed by atoms with Crippen LogP contribution in [0.3, 0.4) is 0 Å². The highest BCUT2D eigenvalue weighted by molar-refractivity contribution is 5.93. The molecule has 0 saturated carbocycles. The third-order valence-corrected chi connectivity index (χ3v) is 2.47. The maximum atomic E-state index is 10.9. The first-order chi connectivity index (χ1) is 8.49. The van der Waals surface area contributed by atoms with Gasteiger partial charge in [0.05, 0.1) is 0 Å². The fourth-order valence-electron chi connectivity index (χ4n) is 1.81. The van der Waals surface area contributed by atoms with Gasteiger partial charge in [-0.2, -0.15) is 0 Å². The van der Waals surface area contributed by atoms with Crippen LogP contribution in [0.25, 0.3) is 0 Å². The van der Waals surface area contributed by atoms with Gasteiger partial charge in [0.2, 0.25) is 0 Å². The molecule has 1 saturated heterocycles. The monoisotopic (exact) mass is 253 g/mol. The first-order valence-corrected chi connectivity index (χ1v) is 6.39. The number of allylic oxidation sites excluding steroid dienone is 1. The molecule has 1 heterocycles. The van der Waals surface area contributed by atoms with E-state index in [1.165, 1.54) is 6.92 Å². The zero-order valence-electron chi connectivity index (χ0n) is 11.7. The van der Waals surface area contributed by atoms with E-state index in [9.17, 15) is 4.79 Å². The van der Waals surface area contributed by atoms with Crippen LogP contribution in [-0.4, -0.2) is 48.9 Å². The highest BCUT2D eigenvalue weighted by atomic mass is 16.5. The average molecular weight is 253 g/mol. The molecule has 0 amide bonds. The van der Waals surface area contributed by atoms with Crippen molar-refractivity contribution in [2.75, 3.05) is 26.2 Å². The predicted octanol–water partition coefficient (Wildman–Crippen LogP) is 1.17. The second kappa shape index (κ2) is 7.16. The van der Waals surface area contributed by atoms with Gasteiger partial charge in [0.25, 0.3) is 0 Å². The lowest BCUT2D eigenvalue weighted by Gasteiger charge is -2.29. The lowest BCUT2D eigenvalue weighted by molar-refractivity contribution is -0.136. The summed E-state index contributed by atoms with van der Waals surface area (Å²) in [5.74, 6) is 1.18. The van der Waals surface area contributed by atoms with Gasteiger partial charge in [-0.25, -0.2) is 0 Å². The van der Waals surface area contributed by atoms with Gasteiger partial charge in [0, 0.05) is 45.2 Å². The highest BCUT2D eigenvalue weighted by Gasteiger charge is 2.14. The van der Waals surface area contributed by atoms with E-state index in [0.717, 1.165) is 32.0 Å². The van der Waals surface area contributed by atoms with Crippen molar-refractivity contribution in [1.29, 1.82) is 0 Å². The van der Waals surface area contributed by atoms with Crippen molar-refractivity contribution in [3.8, 4) is 0 Å². The maximum absolute atomic E-state index is 10.9. The summed E-state index contributed by atoms with van der Waals surface area (Å²) in [7, 11) is 0. The first-order valence-electron chi connectivity index (χ1n) is 6.39. The predicted molar refractivity (Wildman–Crippen MR) is 72.5 cm³/mol. The summed E-state index contributed by atoms with van der Waals surface area (Å²) in [6, 6.07) is 0.219. The number of amidine groups is 1. The number of nitrogens with zero attached hydrogens (tertiary/aromatic N) is 2. The van der Waals surface area contributed by atoms with Crippen LogP contribution in [0.15, 0.2) is 16.8 Å². The Kier molecular flexibility index (Phi) is 5.85. The summed E-state index contributed by atoms with van der Waals surface area (Å²) >= 11 is 0. The smallest absolute Gasteiger partial charge is 0.307 e. The maximum Gasteiger partial charge on any atom is 0.307 e. The number of piperazine rings is 1. The molecule has 5 heteroatoms. The number of aliphatic imine (C=N–C) groups is 1. The minimum atomic E-state index is -0.298. The zero-order valence-corrected chi connectivity index (χ0v) is 11.7. The Morgan fingerprint density at radius 1 is 1.33 bits per heavy atom. The van der Waals surface area contributed by atoms with Crippen molar-refractivity contribution in [3.05, 3.63) is 11.8 Å². The molecule has 0 spiro atoms. The van der Waals surface area contributed by atoms with Crippen LogP contribution in [-0.2, 0) is 9.53 Å². The standard InChI is InChI=1S/C13H23N3O2/c1-10(2)15-13(9-11(3)18-12(4)17)16-7-5-14-6-8-16/h9-10,14H,5-8H2,1-4H3/b11-9+,15-13?. The zero-order chi connectivity index (χ0) is 13.5. The van der Waals surface area contributed by atoms with Gasteiger partial charge >= 0.3 is 5.97 Å². The van der Waals surface area contributed by atoms with Crippen molar-refractivity contribution >= 4 is 11.8 Å². The molecule has 0 aromatic carbocycles. The van der Waals surface area contributed by atoms with Gasteiger partial charge in [0.15, 0.2) is 0 Å². The van der Waals surface area contributed by atoms with Gasteiger partial charge in [-0.15, -0.1) is 0 Å². The van der Waals surface area contributed by atoms with Crippen LogP contribution in [0.2, 0.25) is 0 Å². The third-order valence-electron chi connectivity index (χ3n) is 2.47. The molecule has 5 nitrogen and oxygen atoms in total. The second-order valence-electron chi connectivity index (χ2n) is 4.67. The minimum Gasteiger partial charge on any atom is -0.431 e. The molecule has 18 heavy (non-hydrogen) atoms. The number of ether oxygens (including phenoxy) is 1. The third kappa shape index (κ3) is 5.31. The lowest BCUT2D eigenvalue weighted by atomic mass is 10.3. The van der Waals surface area contributed by atoms with Crippen molar-refractivity contribution < 1.29 is 9.53 Å². The first kappa shape index (κ1) is 14.7. The number of esters is 1. The fourth-order valence-corrected chi connectivity index (χ4v) is 1.81. The second-order valence-corrected chi connectivity index (χ2v) is 4.67. The number of nitrogens with one attached hydrogen (secondary N) is 1. The Morgan fingerprint density at radius 2 is 1.94 bits per heavy atom. The van der Waals surface area contributed by atoms with Gasteiger partial charge in [-0.3, -0.25) is 9.79 Å². The molecule has 1 fully saturated rings. The Hall–Kier alpha value is -1.36. The summed E-state index contributed by atoms with van der Waals surface area (Å²) in [5.41, 5.74) is 0. The van der Waals surface area contributed by atoms with Crippen LogP contribution in [0, 0.1) is 0 Å². The summed E-state index contributed by atoms with van der Waals surface area (Å²) in [4.78, 5) is 17.7. The molecular formula is C13H23N3O2. The largest absolute Gasteiger partial charge is 0.431 e. The van der Waals surface area contributed by atoms with E-state index < -0.39 is 0 Å². The molecule has 0 bridgehead atoms. The van der Waals surface area contributed by atoms with E-state index in [1.807, 2.05) is 19.9 Å². The van der Waals surface area contributed by atoms with Crippen molar-refractivity contribution in [2.24, 2.45) is 4.99 Å². The fraction of sp³-hybridized carbons (Fsp3) is 0.692. The normalized spacial score (nSPS) is 18.2. The molecule has 1 N–H and O–H groups in total. The molecular weight excluding hydrogens is 230 g/mol. The molecule has 102 valence electrons. The van der Waals surface area contributed by atoms with E-state index in [0.29, 0.717) is 5.76 Å². The Labute approximate surface area is 109 Å². The van der Waals surface area contributed by atoms with Crippen LogP contribution in [0.1, 0.15) is 27.7 Å². The van der Waals surface area contributed by atoms with Gasteiger partial charge < -0.3 is 15.0 Å².